The lowest BCUT2D eigenvalue weighted by Crippen LogP contribution is -2.49. The van der Waals surface area contributed by atoms with E-state index >= 15 is 0 Å². The molecule has 2 aliphatic heterocycles. The number of rotatable bonds is 5. The minimum Gasteiger partial charge on any atom is -0.453 e. The Balaban J connectivity index is 1.62. The highest BCUT2D eigenvalue weighted by atomic mass is 32.1. The molecule has 0 radical (unpaired) electrons. The van der Waals surface area contributed by atoms with Crippen LogP contribution in [0.4, 0.5) is 25.4 Å². The van der Waals surface area contributed by atoms with E-state index in [1.807, 2.05) is 11.8 Å². The van der Waals surface area contributed by atoms with Gasteiger partial charge in [0.2, 0.25) is 0 Å². The normalized spacial score (nSPS) is 19.2. The number of amides is 2. The molecule has 0 spiro atoms. The van der Waals surface area contributed by atoms with Crippen molar-refractivity contribution in [2.24, 2.45) is 0 Å². The van der Waals surface area contributed by atoms with Gasteiger partial charge >= 0.3 is 12.2 Å². The molecule has 3 rings (SSSR count). The van der Waals surface area contributed by atoms with Crippen molar-refractivity contribution in [3.63, 3.8) is 0 Å². The Kier molecular flexibility index (Phi) is 6.73. The van der Waals surface area contributed by atoms with Crippen LogP contribution >= 0.6 is 12.2 Å². The molecule has 0 saturated carbocycles. The highest BCUT2D eigenvalue weighted by molar-refractivity contribution is 7.80. The predicted octanol–water partition coefficient (Wildman–Crippen LogP) is 2.37. The van der Waals surface area contributed by atoms with Crippen molar-refractivity contribution in [2.75, 3.05) is 56.2 Å². The number of nitrogens with zero attached hydrogens (tertiary/aromatic N) is 3. The maximum absolute atomic E-state index is 14.8. The molecule has 2 aliphatic rings. The number of carbonyl (C=O) groups excluding carboxylic acids is 2. The molecule has 1 unspecified atom stereocenters. The van der Waals surface area contributed by atoms with Crippen molar-refractivity contribution in [3.8, 4) is 0 Å². The van der Waals surface area contributed by atoms with Crippen molar-refractivity contribution in [1.82, 2.24) is 10.2 Å². The Morgan fingerprint density at radius 3 is 2.69 bits per heavy atom. The van der Waals surface area contributed by atoms with Gasteiger partial charge in [0.25, 0.3) is 0 Å². The van der Waals surface area contributed by atoms with Crippen LogP contribution in [0.5, 0.6) is 0 Å². The highest BCUT2D eigenvalue weighted by Crippen LogP contribution is 2.28. The first-order valence-electron chi connectivity index (χ1n) is 9.55. The van der Waals surface area contributed by atoms with Gasteiger partial charge in [0.15, 0.2) is 0 Å². The van der Waals surface area contributed by atoms with E-state index in [0.29, 0.717) is 55.6 Å². The molecule has 1 aromatic carbocycles. The summed E-state index contributed by atoms with van der Waals surface area (Å²) in [7, 11) is 1.34. The summed E-state index contributed by atoms with van der Waals surface area (Å²) in [6.07, 6.45) is -0.503. The van der Waals surface area contributed by atoms with Gasteiger partial charge in [0.1, 0.15) is 11.9 Å². The minimum atomic E-state index is -0.502. The molecule has 10 heteroatoms. The third-order valence-corrected chi connectivity index (χ3v) is 5.45. The number of cyclic esters (lactones) is 1. The monoisotopic (exact) mass is 424 g/mol. The number of thiocarbonyl (C=S) groups is 1. The largest absolute Gasteiger partial charge is 0.453 e. The summed E-state index contributed by atoms with van der Waals surface area (Å²) >= 11 is 5.12. The zero-order valence-corrected chi connectivity index (χ0v) is 17.3. The van der Waals surface area contributed by atoms with Gasteiger partial charge in [-0.3, -0.25) is 4.90 Å². The van der Waals surface area contributed by atoms with E-state index in [-0.39, 0.29) is 12.2 Å². The van der Waals surface area contributed by atoms with E-state index in [1.165, 1.54) is 18.1 Å². The Bertz CT molecular complexity index is 785. The van der Waals surface area contributed by atoms with Crippen LogP contribution in [0.1, 0.15) is 13.3 Å². The van der Waals surface area contributed by atoms with E-state index in [9.17, 15) is 14.0 Å². The number of ether oxygens (including phenoxy) is 2. The second-order valence-corrected chi connectivity index (χ2v) is 7.35. The van der Waals surface area contributed by atoms with Gasteiger partial charge in [-0.1, -0.05) is 19.1 Å². The van der Waals surface area contributed by atoms with Crippen LogP contribution in [-0.2, 0) is 9.47 Å². The van der Waals surface area contributed by atoms with Gasteiger partial charge < -0.3 is 24.6 Å². The molecule has 2 heterocycles. The molecule has 1 N–H and O–H groups in total. The fourth-order valence-corrected chi connectivity index (χ4v) is 3.45. The molecule has 29 heavy (non-hydrogen) atoms. The number of carbonyl (C=O) groups is 2. The van der Waals surface area contributed by atoms with Crippen molar-refractivity contribution < 1.29 is 23.5 Å². The molecule has 2 fully saturated rings. The van der Waals surface area contributed by atoms with Crippen molar-refractivity contribution in [3.05, 3.63) is 24.0 Å². The predicted molar refractivity (Wildman–Crippen MR) is 111 cm³/mol. The molecular formula is C19H25FN4O4S. The van der Waals surface area contributed by atoms with Gasteiger partial charge in [0.05, 0.1) is 36.6 Å². The average Bonchev–Trinajstić information content (AvgIpc) is 3.12. The molecule has 158 valence electrons. The summed E-state index contributed by atoms with van der Waals surface area (Å²) in [5, 5.41) is 3.06. The number of halogens is 1. The number of hydrogen-bond acceptors (Lipinski definition) is 6. The molecule has 2 saturated heterocycles. The number of methoxy groups -OCH3 is 1. The molecule has 0 aliphatic carbocycles. The van der Waals surface area contributed by atoms with Gasteiger partial charge in [-0.2, -0.15) is 0 Å². The van der Waals surface area contributed by atoms with Crippen LogP contribution in [0.25, 0.3) is 0 Å². The summed E-state index contributed by atoms with van der Waals surface area (Å²) in [5.74, 6) is -0.421. The van der Waals surface area contributed by atoms with E-state index in [0.717, 1.165) is 6.42 Å². The molecule has 0 aromatic heterocycles. The average molecular weight is 424 g/mol. The lowest BCUT2D eigenvalue weighted by Gasteiger charge is -2.35. The van der Waals surface area contributed by atoms with Crippen LogP contribution in [0.2, 0.25) is 0 Å². The third-order valence-electron chi connectivity index (χ3n) is 5.02. The van der Waals surface area contributed by atoms with Crippen molar-refractivity contribution >= 4 is 40.8 Å². The van der Waals surface area contributed by atoms with E-state index in [1.54, 1.807) is 17.0 Å². The third kappa shape index (κ3) is 4.87. The fourth-order valence-electron chi connectivity index (χ4n) is 3.37. The lowest BCUT2D eigenvalue weighted by molar-refractivity contribution is 0.121. The molecule has 0 bridgehead atoms. The van der Waals surface area contributed by atoms with Crippen LogP contribution in [0.15, 0.2) is 18.2 Å². The van der Waals surface area contributed by atoms with Crippen LogP contribution in [-0.4, -0.2) is 74.6 Å². The number of benzene rings is 1. The summed E-state index contributed by atoms with van der Waals surface area (Å²) in [5.41, 5.74) is 0.891. The van der Waals surface area contributed by atoms with Crippen LogP contribution < -0.4 is 15.1 Å². The van der Waals surface area contributed by atoms with Crippen molar-refractivity contribution in [1.29, 1.82) is 0 Å². The van der Waals surface area contributed by atoms with E-state index in [2.05, 4.69) is 5.32 Å². The first-order chi connectivity index (χ1) is 13.9. The van der Waals surface area contributed by atoms with Gasteiger partial charge in [0, 0.05) is 26.2 Å². The summed E-state index contributed by atoms with van der Waals surface area (Å²) in [4.78, 5) is 29.4. The summed E-state index contributed by atoms with van der Waals surface area (Å²) < 4.78 is 24.8. The molecule has 2 amide bonds. The topological polar surface area (TPSA) is 74.4 Å². The highest BCUT2D eigenvalue weighted by Gasteiger charge is 2.33. The molecular weight excluding hydrogens is 399 g/mol. The SMILES string of the molecule is CCC(=S)NCC1CN(c2ccc(N3CCN(C(=O)OC)CC3)c(F)c2)C(=O)O1. The number of nitrogens with one attached hydrogen (secondary N) is 1. The molecule has 1 aromatic rings. The summed E-state index contributed by atoms with van der Waals surface area (Å²) in [6, 6.07) is 4.71. The molecule has 8 nitrogen and oxygen atoms in total. The van der Waals surface area contributed by atoms with Gasteiger partial charge in [-0.05, 0) is 24.6 Å². The number of piperazine rings is 1. The quantitative estimate of drug-likeness (QED) is 0.728. The van der Waals surface area contributed by atoms with Gasteiger partial charge in [-0.25, -0.2) is 14.0 Å². The summed E-state index contributed by atoms with van der Waals surface area (Å²) in [6.45, 7) is 4.63. The van der Waals surface area contributed by atoms with E-state index < -0.39 is 11.9 Å². The van der Waals surface area contributed by atoms with Gasteiger partial charge in [-0.15, -0.1) is 0 Å². The second kappa shape index (κ2) is 9.25. The minimum absolute atomic E-state index is 0.328. The fraction of sp³-hybridized carbons (Fsp3) is 0.526. The first kappa shape index (κ1) is 21.1. The Morgan fingerprint density at radius 1 is 1.34 bits per heavy atom. The Hall–Kier alpha value is -2.62. The zero-order valence-electron chi connectivity index (χ0n) is 16.5. The first-order valence-corrected chi connectivity index (χ1v) is 9.96. The zero-order chi connectivity index (χ0) is 21.0. The number of hydrogen-bond donors (Lipinski definition) is 1. The molecule has 1 atom stereocenters. The van der Waals surface area contributed by atoms with Crippen LogP contribution in [0, 0.1) is 5.82 Å². The maximum atomic E-state index is 14.8. The lowest BCUT2D eigenvalue weighted by atomic mass is 10.2. The van der Waals surface area contributed by atoms with Crippen LogP contribution in [0.3, 0.4) is 0 Å². The van der Waals surface area contributed by atoms with E-state index in [4.69, 9.17) is 21.7 Å². The van der Waals surface area contributed by atoms with Crippen molar-refractivity contribution in [2.45, 2.75) is 19.4 Å². The standard InChI is InChI=1S/C19H25FN4O4S/c1-3-17(29)21-11-14-12-24(19(26)28-14)13-4-5-16(15(20)10-13)22-6-8-23(9-7-22)18(25)27-2/h4-5,10,14H,3,6-9,11-12H2,1-2H3,(H,21,29). The Morgan fingerprint density at radius 2 is 2.07 bits per heavy atom. The maximum Gasteiger partial charge on any atom is 0.414 e. The number of anilines is 2. The second-order valence-electron chi connectivity index (χ2n) is 6.85. The Labute approximate surface area is 174 Å². The smallest absolute Gasteiger partial charge is 0.414 e.